The molecular formula is C28H16O5. The highest BCUT2D eigenvalue weighted by atomic mass is 16.4. The molecule has 158 valence electrons. The zero-order chi connectivity index (χ0) is 22.7. The third kappa shape index (κ3) is 2.72. The maximum Gasteiger partial charge on any atom is 0.336 e. The molecule has 0 saturated carbocycles. The Hall–Kier alpha value is -4.64. The lowest BCUT2D eigenvalue weighted by Gasteiger charge is -2.20. The lowest BCUT2D eigenvalue weighted by Crippen LogP contribution is -2.05. The van der Waals surface area contributed by atoms with Crippen LogP contribution in [0.5, 0.6) is 5.75 Å². The molecule has 0 unspecified atom stereocenters. The average molecular weight is 432 g/mol. The molecule has 2 N–H and O–H groups in total. The van der Waals surface area contributed by atoms with Crippen molar-refractivity contribution in [3.63, 3.8) is 0 Å². The molecule has 0 fully saturated rings. The zero-order valence-corrected chi connectivity index (χ0v) is 17.2. The zero-order valence-electron chi connectivity index (χ0n) is 17.2. The standard InChI is InChI=1S/C28H16O5/c29-21-13-23-25(17-9-3-1-7-15(17)21)27(19-11-5-6-12-20(19)28(31)32)26-18-10-4-2-8-16(18)22(30)14-24(26)33-23/h1-14,29H,(H,31,32). The van der Waals surface area contributed by atoms with E-state index in [1.54, 1.807) is 42.5 Å². The molecule has 0 atom stereocenters. The number of carboxylic acid groups (broad SMARTS) is 1. The molecule has 0 radical (unpaired) electrons. The number of phenols is 1. The van der Waals surface area contributed by atoms with Gasteiger partial charge in [0.05, 0.1) is 5.56 Å². The second kappa shape index (κ2) is 6.93. The summed E-state index contributed by atoms with van der Waals surface area (Å²) in [6, 6.07) is 24.3. The molecule has 1 heterocycles. The van der Waals surface area contributed by atoms with Gasteiger partial charge in [-0.1, -0.05) is 66.7 Å². The Balaban J connectivity index is 1.99. The monoisotopic (exact) mass is 432 g/mol. The molecule has 5 heteroatoms. The minimum absolute atomic E-state index is 0.0433. The van der Waals surface area contributed by atoms with Gasteiger partial charge < -0.3 is 14.6 Å². The Labute approximate surface area is 187 Å². The number of hydrogen-bond acceptors (Lipinski definition) is 4. The Morgan fingerprint density at radius 3 is 2.12 bits per heavy atom. The number of phenolic OH excluding ortho intramolecular Hbond substituents is 1. The molecule has 0 amide bonds. The van der Waals surface area contributed by atoms with Gasteiger partial charge in [0.15, 0.2) is 5.43 Å². The van der Waals surface area contributed by atoms with E-state index in [0.29, 0.717) is 49.6 Å². The summed E-state index contributed by atoms with van der Waals surface area (Å²) < 4.78 is 6.18. The van der Waals surface area contributed by atoms with Gasteiger partial charge in [-0.25, -0.2) is 4.79 Å². The molecule has 33 heavy (non-hydrogen) atoms. The first-order valence-corrected chi connectivity index (χ1v) is 10.4. The number of aromatic carboxylic acids is 1. The fourth-order valence-corrected chi connectivity index (χ4v) is 4.73. The molecule has 1 aliphatic heterocycles. The van der Waals surface area contributed by atoms with E-state index >= 15 is 0 Å². The van der Waals surface area contributed by atoms with Crippen molar-refractivity contribution in [2.75, 3.05) is 0 Å². The van der Waals surface area contributed by atoms with Crippen molar-refractivity contribution in [1.29, 1.82) is 0 Å². The summed E-state index contributed by atoms with van der Waals surface area (Å²) in [4.78, 5) is 25.0. The molecular weight excluding hydrogens is 416 g/mol. The normalized spacial score (nSPS) is 11.5. The summed E-state index contributed by atoms with van der Waals surface area (Å²) in [5.41, 5.74) is 2.13. The molecule has 0 aromatic heterocycles. The number of rotatable bonds is 2. The number of benzene rings is 5. The second-order valence-electron chi connectivity index (χ2n) is 7.94. The van der Waals surface area contributed by atoms with Crippen LogP contribution in [0.25, 0.3) is 55.0 Å². The van der Waals surface area contributed by atoms with Crippen LogP contribution in [0.4, 0.5) is 0 Å². The van der Waals surface area contributed by atoms with Crippen LogP contribution in [-0.2, 0) is 0 Å². The first kappa shape index (κ1) is 19.1. The minimum atomic E-state index is -1.06. The fraction of sp³-hybridized carbons (Fsp3) is 0. The number of fused-ring (bicyclic) bond motifs is 6. The number of hydrogen-bond donors (Lipinski definition) is 2. The molecule has 0 bridgehead atoms. The van der Waals surface area contributed by atoms with Crippen molar-refractivity contribution in [3.05, 3.63) is 101 Å². The Kier molecular flexibility index (Phi) is 4.01. The average Bonchev–Trinajstić information content (AvgIpc) is 2.83. The van der Waals surface area contributed by atoms with Gasteiger partial charge in [0.2, 0.25) is 0 Å². The summed E-state index contributed by atoms with van der Waals surface area (Å²) in [6.45, 7) is 0. The highest BCUT2D eigenvalue weighted by molar-refractivity contribution is 6.21. The first-order chi connectivity index (χ1) is 16.0. The van der Waals surface area contributed by atoms with E-state index in [1.165, 1.54) is 12.1 Å². The minimum Gasteiger partial charge on any atom is -0.507 e. The van der Waals surface area contributed by atoms with E-state index in [0.717, 1.165) is 5.39 Å². The quantitative estimate of drug-likeness (QED) is 0.249. The predicted molar refractivity (Wildman–Crippen MR) is 128 cm³/mol. The van der Waals surface area contributed by atoms with Gasteiger partial charge in [-0.05, 0) is 22.4 Å². The lowest BCUT2D eigenvalue weighted by atomic mass is 9.86. The summed E-state index contributed by atoms with van der Waals surface area (Å²) in [6.07, 6.45) is 0. The maximum absolute atomic E-state index is 12.8. The van der Waals surface area contributed by atoms with Crippen molar-refractivity contribution in [3.8, 4) is 28.2 Å². The molecule has 0 saturated heterocycles. The van der Waals surface area contributed by atoms with Crippen molar-refractivity contribution >= 4 is 38.5 Å². The van der Waals surface area contributed by atoms with E-state index in [1.807, 2.05) is 30.3 Å². The fourth-order valence-electron chi connectivity index (χ4n) is 4.73. The summed E-state index contributed by atoms with van der Waals surface area (Å²) >= 11 is 0. The highest BCUT2D eigenvalue weighted by Crippen LogP contribution is 2.47. The third-order valence-electron chi connectivity index (χ3n) is 6.10. The molecule has 6 rings (SSSR count). The van der Waals surface area contributed by atoms with Gasteiger partial charge in [-0.2, -0.15) is 0 Å². The lowest BCUT2D eigenvalue weighted by molar-refractivity contribution is 0.0697. The van der Waals surface area contributed by atoms with Crippen molar-refractivity contribution in [2.24, 2.45) is 0 Å². The summed E-state index contributed by atoms with van der Waals surface area (Å²) in [5, 5.41) is 23.9. The Morgan fingerprint density at radius 1 is 0.727 bits per heavy atom. The Morgan fingerprint density at radius 2 is 1.36 bits per heavy atom. The summed E-state index contributed by atoms with van der Waals surface area (Å²) in [7, 11) is 0. The second-order valence-corrected chi connectivity index (χ2v) is 7.94. The third-order valence-corrected chi connectivity index (χ3v) is 6.10. The van der Waals surface area contributed by atoms with Crippen LogP contribution in [0.3, 0.4) is 0 Å². The van der Waals surface area contributed by atoms with Crippen molar-refractivity contribution in [1.82, 2.24) is 0 Å². The largest absolute Gasteiger partial charge is 0.507 e. The van der Waals surface area contributed by atoms with E-state index in [9.17, 15) is 19.8 Å². The summed E-state index contributed by atoms with van der Waals surface area (Å²) in [5.74, 6) is -0.682. The van der Waals surface area contributed by atoms with E-state index in [2.05, 4.69) is 0 Å². The van der Waals surface area contributed by atoms with Gasteiger partial charge in [0.1, 0.15) is 17.1 Å². The van der Waals surface area contributed by atoms with Gasteiger partial charge >= 0.3 is 5.97 Å². The SMILES string of the molecule is O=C(O)c1ccccc1-c1c2c3ccccc3c(=O)cc-2oc2cc(O)c3ccccc3c12. The first-order valence-electron chi connectivity index (χ1n) is 10.4. The topological polar surface area (TPSA) is 87.7 Å². The highest BCUT2D eigenvalue weighted by Gasteiger charge is 2.25. The Bertz CT molecular complexity index is 1780. The van der Waals surface area contributed by atoms with Gasteiger partial charge in [-0.15, -0.1) is 0 Å². The van der Waals surface area contributed by atoms with Crippen LogP contribution in [0, 0.1) is 0 Å². The van der Waals surface area contributed by atoms with Gasteiger partial charge in [0, 0.05) is 39.4 Å². The van der Waals surface area contributed by atoms with Crippen LogP contribution in [0.2, 0.25) is 0 Å². The van der Waals surface area contributed by atoms with Gasteiger partial charge in [-0.3, -0.25) is 4.79 Å². The number of aromatic hydroxyl groups is 1. The van der Waals surface area contributed by atoms with Gasteiger partial charge in [0.25, 0.3) is 0 Å². The smallest absolute Gasteiger partial charge is 0.336 e. The van der Waals surface area contributed by atoms with Crippen molar-refractivity contribution in [2.45, 2.75) is 0 Å². The van der Waals surface area contributed by atoms with Crippen molar-refractivity contribution < 1.29 is 19.4 Å². The van der Waals surface area contributed by atoms with E-state index < -0.39 is 5.97 Å². The number of carbonyl (C=O) groups is 1. The maximum atomic E-state index is 12.8. The van der Waals surface area contributed by atoms with E-state index in [4.69, 9.17) is 4.42 Å². The predicted octanol–water partition coefficient (Wildman–Crippen LogP) is 6.28. The molecule has 1 aliphatic carbocycles. The molecule has 4 aromatic carbocycles. The molecule has 4 aromatic rings. The molecule has 5 nitrogen and oxygen atoms in total. The van der Waals surface area contributed by atoms with Crippen LogP contribution in [-0.4, -0.2) is 16.2 Å². The van der Waals surface area contributed by atoms with Crippen LogP contribution in [0.15, 0.2) is 94.1 Å². The number of carboxylic acids is 1. The van der Waals surface area contributed by atoms with Crippen LogP contribution >= 0.6 is 0 Å². The molecule has 0 spiro atoms. The molecule has 2 aliphatic rings. The van der Waals surface area contributed by atoms with Crippen LogP contribution in [0.1, 0.15) is 10.4 Å². The van der Waals surface area contributed by atoms with Crippen LogP contribution < -0.4 is 5.43 Å². The van der Waals surface area contributed by atoms with E-state index in [-0.39, 0.29) is 16.7 Å².